The summed E-state index contributed by atoms with van der Waals surface area (Å²) in [6, 6.07) is 12.3. The summed E-state index contributed by atoms with van der Waals surface area (Å²) in [5.74, 6) is 0.921. The van der Waals surface area contributed by atoms with E-state index in [0.29, 0.717) is 17.2 Å². The van der Waals surface area contributed by atoms with Gasteiger partial charge in [-0.15, -0.1) is 0 Å². The van der Waals surface area contributed by atoms with E-state index >= 15 is 0 Å². The molecule has 84 valence electrons. The van der Waals surface area contributed by atoms with Crippen molar-refractivity contribution in [2.24, 2.45) is 0 Å². The molecule has 0 aliphatic rings. The summed E-state index contributed by atoms with van der Waals surface area (Å²) in [5, 5.41) is 9.03. The van der Waals surface area contributed by atoms with E-state index in [2.05, 4.69) is 20.9 Å². The highest BCUT2D eigenvalue weighted by molar-refractivity contribution is 9.10. The first kappa shape index (κ1) is 11.9. The Kier molecular flexibility index (Phi) is 3.62. The van der Waals surface area contributed by atoms with Gasteiger partial charge in [0.15, 0.2) is 0 Å². The second-order valence-corrected chi connectivity index (χ2v) is 4.49. The van der Waals surface area contributed by atoms with Gasteiger partial charge in [-0.3, -0.25) is 0 Å². The quantitative estimate of drug-likeness (QED) is 0.782. The van der Waals surface area contributed by atoms with Crippen molar-refractivity contribution in [3.8, 4) is 17.7 Å². The maximum Gasteiger partial charge on any atom is 0.221 e. The highest BCUT2D eigenvalue weighted by Gasteiger charge is 2.03. The number of hydrogen-bond donors (Lipinski definition) is 0. The largest absolute Gasteiger partial charge is 0.439 e. The molecule has 0 unspecified atom stereocenters. The van der Waals surface area contributed by atoms with Gasteiger partial charge in [0, 0.05) is 10.5 Å². The first-order chi connectivity index (χ1) is 8.17. The number of hydrogen-bond acceptors (Lipinski definition) is 3. The molecule has 0 atom stereocenters. The van der Waals surface area contributed by atoms with Crippen LogP contribution < -0.4 is 4.74 Å². The molecule has 0 saturated carbocycles. The van der Waals surface area contributed by atoms with Crippen LogP contribution in [-0.4, -0.2) is 4.98 Å². The van der Waals surface area contributed by atoms with Gasteiger partial charge in [-0.05, 0) is 24.3 Å². The number of rotatable bonds is 2. The Balaban J connectivity index is 2.30. The van der Waals surface area contributed by atoms with Crippen LogP contribution in [0.25, 0.3) is 0 Å². The van der Waals surface area contributed by atoms with Crippen LogP contribution in [0.2, 0.25) is 5.15 Å². The summed E-state index contributed by atoms with van der Waals surface area (Å²) < 4.78 is 6.41. The lowest BCUT2D eigenvalue weighted by Crippen LogP contribution is -1.89. The van der Waals surface area contributed by atoms with E-state index in [1.807, 2.05) is 18.2 Å². The Hall–Kier alpha value is -1.57. The molecule has 17 heavy (non-hydrogen) atoms. The Morgan fingerprint density at radius 2 is 2.12 bits per heavy atom. The van der Waals surface area contributed by atoms with Gasteiger partial charge in [0.05, 0.1) is 11.6 Å². The van der Waals surface area contributed by atoms with Crippen LogP contribution in [0.3, 0.4) is 0 Å². The minimum Gasteiger partial charge on any atom is -0.439 e. The van der Waals surface area contributed by atoms with Crippen molar-refractivity contribution >= 4 is 27.5 Å². The number of aromatic nitrogens is 1. The lowest BCUT2D eigenvalue weighted by Gasteiger charge is -2.05. The van der Waals surface area contributed by atoms with Gasteiger partial charge in [0.1, 0.15) is 10.9 Å². The second kappa shape index (κ2) is 5.17. The average Bonchev–Trinajstić information content (AvgIpc) is 2.28. The van der Waals surface area contributed by atoms with E-state index in [0.717, 1.165) is 4.47 Å². The van der Waals surface area contributed by atoms with Gasteiger partial charge in [-0.1, -0.05) is 33.6 Å². The van der Waals surface area contributed by atoms with Crippen molar-refractivity contribution in [1.29, 1.82) is 5.26 Å². The van der Waals surface area contributed by atoms with Gasteiger partial charge < -0.3 is 4.74 Å². The third-order valence-electron chi connectivity index (χ3n) is 1.92. The van der Waals surface area contributed by atoms with E-state index < -0.39 is 0 Å². The molecule has 0 bridgehead atoms. The van der Waals surface area contributed by atoms with Crippen LogP contribution in [0.4, 0.5) is 0 Å². The van der Waals surface area contributed by atoms with Gasteiger partial charge in [-0.25, -0.2) is 4.98 Å². The van der Waals surface area contributed by atoms with Crippen molar-refractivity contribution in [3.05, 3.63) is 51.6 Å². The fourth-order valence-corrected chi connectivity index (χ4v) is 1.82. The van der Waals surface area contributed by atoms with Crippen LogP contribution in [-0.2, 0) is 0 Å². The number of benzene rings is 1. The Bertz CT molecular complexity index is 595. The molecule has 0 fully saturated rings. The normalized spacial score (nSPS) is 9.71. The van der Waals surface area contributed by atoms with Gasteiger partial charge in [0.25, 0.3) is 0 Å². The number of ether oxygens (including phenoxy) is 1. The molecular formula is C12H6BrClN2O. The van der Waals surface area contributed by atoms with E-state index in [4.69, 9.17) is 21.6 Å². The lowest BCUT2D eigenvalue weighted by molar-refractivity contribution is 0.462. The van der Waals surface area contributed by atoms with Crippen LogP contribution in [0.1, 0.15) is 5.56 Å². The molecule has 5 heteroatoms. The summed E-state index contributed by atoms with van der Waals surface area (Å²) in [7, 11) is 0. The highest BCUT2D eigenvalue weighted by Crippen LogP contribution is 2.24. The Labute approximate surface area is 112 Å². The predicted octanol–water partition coefficient (Wildman–Crippen LogP) is 4.16. The molecule has 0 saturated heterocycles. The van der Waals surface area contributed by atoms with E-state index in [1.165, 1.54) is 12.1 Å². The van der Waals surface area contributed by atoms with E-state index in [1.54, 1.807) is 12.1 Å². The summed E-state index contributed by atoms with van der Waals surface area (Å²) in [6.45, 7) is 0. The Morgan fingerprint density at radius 1 is 1.29 bits per heavy atom. The Morgan fingerprint density at radius 3 is 2.82 bits per heavy atom. The molecule has 1 aromatic heterocycles. The highest BCUT2D eigenvalue weighted by atomic mass is 79.9. The summed E-state index contributed by atoms with van der Waals surface area (Å²) in [5.41, 5.74) is 0.412. The topological polar surface area (TPSA) is 45.9 Å². The molecule has 0 spiro atoms. The third-order valence-corrected chi connectivity index (χ3v) is 2.61. The van der Waals surface area contributed by atoms with Gasteiger partial charge in [0.2, 0.25) is 5.88 Å². The van der Waals surface area contributed by atoms with Crippen molar-refractivity contribution in [2.75, 3.05) is 0 Å². The standard InChI is InChI=1S/C12H6BrClN2O/c13-9-2-1-3-10(6-9)17-12-5-8(7-15)4-11(14)16-12/h1-6H. The molecule has 3 nitrogen and oxygen atoms in total. The zero-order chi connectivity index (χ0) is 12.3. The smallest absolute Gasteiger partial charge is 0.221 e. The monoisotopic (exact) mass is 308 g/mol. The zero-order valence-corrected chi connectivity index (χ0v) is 10.9. The second-order valence-electron chi connectivity index (χ2n) is 3.19. The number of nitriles is 1. The maximum absolute atomic E-state index is 8.80. The van der Waals surface area contributed by atoms with Crippen molar-refractivity contribution in [3.63, 3.8) is 0 Å². The summed E-state index contributed by atoms with van der Waals surface area (Å²) >= 11 is 9.11. The first-order valence-corrected chi connectivity index (χ1v) is 5.85. The number of halogens is 2. The molecule has 1 aromatic carbocycles. The maximum atomic E-state index is 8.80. The zero-order valence-electron chi connectivity index (χ0n) is 8.52. The van der Waals surface area contributed by atoms with Crippen LogP contribution in [0.15, 0.2) is 40.9 Å². The molecule has 1 heterocycles. The summed E-state index contributed by atoms with van der Waals surface area (Å²) in [6.07, 6.45) is 0. The van der Waals surface area contributed by atoms with Crippen molar-refractivity contribution in [2.45, 2.75) is 0 Å². The molecule has 0 aliphatic carbocycles. The fraction of sp³-hybridized carbons (Fsp3) is 0. The SMILES string of the molecule is N#Cc1cc(Cl)nc(Oc2cccc(Br)c2)c1. The van der Waals surface area contributed by atoms with Gasteiger partial charge in [-0.2, -0.15) is 5.26 Å². The minimum absolute atomic E-state index is 0.231. The van der Waals surface area contributed by atoms with Crippen LogP contribution in [0.5, 0.6) is 11.6 Å². The number of nitrogens with zero attached hydrogens (tertiary/aromatic N) is 2. The fourth-order valence-electron chi connectivity index (χ4n) is 1.24. The first-order valence-electron chi connectivity index (χ1n) is 4.68. The number of pyridine rings is 1. The molecule has 0 amide bonds. The predicted molar refractivity (Wildman–Crippen MR) is 68.2 cm³/mol. The van der Waals surface area contributed by atoms with E-state index in [-0.39, 0.29) is 5.15 Å². The summed E-state index contributed by atoms with van der Waals surface area (Å²) in [4.78, 5) is 3.98. The molecule has 2 rings (SSSR count). The molecule has 0 radical (unpaired) electrons. The minimum atomic E-state index is 0.231. The lowest BCUT2D eigenvalue weighted by atomic mass is 10.3. The van der Waals surface area contributed by atoms with Gasteiger partial charge >= 0.3 is 0 Å². The van der Waals surface area contributed by atoms with Crippen molar-refractivity contribution < 1.29 is 4.74 Å². The van der Waals surface area contributed by atoms with E-state index in [9.17, 15) is 0 Å². The third kappa shape index (κ3) is 3.19. The molecular weight excluding hydrogens is 304 g/mol. The van der Waals surface area contributed by atoms with Crippen molar-refractivity contribution in [1.82, 2.24) is 4.98 Å². The van der Waals surface area contributed by atoms with Crippen LogP contribution in [0, 0.1) is 11.3 Å². The molecule has 2 aromatic rings. The average molecular weight is 310 g/mol. The molecule has 0 N–H and O–H groups in total. The van der Waals surface area contributed by atoms with Crippen LogP contribution >= 0.6 is 27.5 Å². The molecule has 0 aliphatic heterocycles.